The topological polar surface area (TPSA) is 69.1 Å². The number of primary amides is 1. The molecular weight excluding hydrogens is 348 g/mol. The number of halogens is 1. The van der Waals surface area contributed by atoms with Crippen molar-refractivity contribution in [3.63, 3.8) is 0 Å². The molecule has 5 heteroatoms. The number of benzene rings is 2. The second kappa shape index (κ2) is 6.65. The van der Waals surface area contributed by atoms with Crippen LogP contribution in [0.2, 0.25) is 5.02 Å². The average molecular weight is 363 g/mol. The Morgan fingerprint density at radius 2 is 1.85 bits per heavy atom. The Hall–Kier alpha value is -3.11. The number of rotatable bonds is 4. The van der Waals surface area contributed by atoms with E-state index in [2.05, 4.69) is 4.98 Å². The molecule has 4 rings (SSSR count). The van der Waals surface area contributed by atoms with Gasteiger partial charge >= 0.3 is 0 Å². The molecule has 0 aliphatic carbocycles. The minimum absolute atomic E-state index is 0.241. The highest BCUT2D eigenvalue weighted by Crippen LogP contribution is 2.33. The lowest BCUT2D eigenvalue weighted by molar-refractivity contribution is 0.0995. The van der Waals surface area contributed by atoms with Crippen molar-refractivity contribution in [2.24, 2.45) is 5.73 Å². The zero-order valence-electron chi connectivity index (χ0n) is 13.8. The molecule has 0 unspecified atom stereocenters. The predicted molar refractivity (Wildman–Crippen MR) is 102 cm³/mol. The van der Waals surface area contributed by atoms with E-state index >= 15 is 0 Å². The summed E-state index contributed by atoms with van der Waals surface area (Å²) in [5.41, 5.74) is 8.95. The molecule has 0 aliphatic rings. The standard InChI is InChI=1S/C21H15ClN2O2/c22-16-9-14(11-17-7-4-8-18(24-17)21(23)25)20-15(10-16)12-19(26-20)13-5-2-1-3-6-13/h1-10,12H,11H2,(H2,23,25). The van der Waals surface area contributed by atoms with E-state index in [1.165, 1.54) is 0 Å². The van der Waals surface area contributed by atoms with Gasteiger partial charge in [0, 0.05) is 33.7 Å². The Morgan fingerprint density at radius 1 is 1.04 bits per heavy atom. The number of carbonyl (C=O) groups is 1. The minimum atomic E-state index is -0.549. The lowest BCUT2D eigenvalue weighted by atomic mass is 10.1. The monoisotopic (exact) mass is 362 g/mol. The van der Waals surface area contributed by atoms with Crippen molar-refractivity contribution in [2.75, 3.05) is 0 Å². The Kier molecular flexibility index (Phi) is 4.19. The van der Waals surface area contributed by atoms with Crippen molar-refractivity contribution in [1.29, 1.82) is 0 Å². The third-order valence-electron chi connectivity index (χ3n) is 4.15. The second-order valence-electron chi connectivity index (χ2n) is 6.02. The van der Waals surface area contributed by atoms with Gasteiger partial charge in [-0.25, -0.2) is 4.98 Å². The molecule has 2 aromatic carbocycles. The predicted octanol–water partition coefficient (Wildman–Crippen LogP) is 4.84. The summed E-state index contributed by atoms with van der Waals surface area (Å²) in [5, 5.41) is 1.55. The number of pyridine rings is 1. The third-order valence-corrected chi connectivity index (χ3v) is 4.37. The van der Waals surface area contributed by atoms with Crippen LogP contribution >= 0.6 is 11.6 Å². The van der Waals surface area contributed by atoms with Crippen LogP contribution in [0.25, 0.3) is 22.3 Å². The van der Waals surface area contributed by atoms with Gasteiger partial charge in [0.15, 0.2) is 0 Å². The van der Waals surface area contributed by atoms with E-state index in [1.54, 1.807) is 12.1 Å². The molecule has 2 aromatic heterocycles. The van der Waals surface area contributed by atoms with Crippen LogP contribution in [0, 0.1) is 0 Å². The van der Waals surface area contributed by atoms with Crippen molar-refractivity contribution in [3.05, 3.63) is 88.7 Å². The first-order valence-corrected chi connectivity index (χ1v) is 8.51. The third kappa shape index (κ3) is 3.19. The number of hydrogen-bond donors (Lipinski definition) is 1. The maximum absolute atomic E-state index is 11.4. The second-order valence-corrected chi connectivity index (χ2v) is 6.45. The van der Waals surface area contributed by atoms with Gasteiger partial charge in [0.1, 0.15) is 17.0 Å². The highest BCUT2D eigenvalue weighted by molar-refractivity contribution is 6.31. The van der Waals surface area contributed by atoms with Gasteiger partial charge in [-0.1, -0.05) is 48.0 Å². The SMILES string of the molecule is NC(=O)c1cccc(Cc2cc(Cl)cc3cc(-c4ccccc4)oc23)n1. The fourth-order valence-corrected chi connectivity index (χ4v) is 3.22. The van der Waals surface area contributed by atoms with Crippen LogP contribution in [0.1, 0.15) is 21.7 Å². The molecule has 0 saturated carbocycles. The van der Waals surface area contributed by atoms with Crippen molar-refractivity contribution >= 4 is 28.5 Å². The molecule has 0 saturated heterocycles. The molecule has 2 N–H and O–H groups in total. The lowest BCUT2D eigenvalue weighted by Crippen LogP contribution is -2.13. The largest absolute Gasteiger partial charge is 0.456 e. The summed E-state index contributed by atoms with van der Waals surface area (Å²) in [5.74, 6) is 0.232. The molecule has 128 valence electrons. The zero-order chi connectivity index (χ0) is 18.1. The van der Waals surface area contributed by atoms with Gasteiger partial charge in [-0.05, 0) is 30.3 Å². The maximum atomic E-state index is 11.4. The first-order valence-electron chi connectivity index (χ1n) is 8.13. The number of furan rings is 1. The Morgan fingerprint density at radius 3 is 2.62 bits per heavy atom. The number of nitrogens with zero attached hydrogens (tertiary/aromatic N) is 1. The summed E-state index contributed by atoms with van der Waals surface area (Å²) in [6.45, 7) is 0. The van der Waals surface area contributed by atoms with Gasteiger partial charge in [-0.2, -0.15) is 0 Å². The normalized spacial score (nSPS) is 11.0. The first kappa shape index (κ1) is 16.4. The number of amides is 1. The van der Waals surface area contributed by atoms with E-state index in [0.29, 0.717) is 11.4 Å². The molecule has 0 aliphatic heterocycles. The van der Waals surface area contributed by atoms with E-state index in [1.807, 2.05) is 54.6 Å². The van der Waals surface area contributed by atoms with E-state index < -0.39 is 5.91 Å². The van der Waals surface area contributed by atoms with E-state index in [9.17, 15) is 4.79 Å². The highest BCUT2D eigenvalue weighted by Gasteiger charge is 2.13. The van der Waals surface area contributed by atoms with Gasteiger partial charge in [0.2, 0.25) is 0 Å². The number of nitrogens with two attached hydrogens (primary N) is 1. The Bertz CT molecular complexity index is 1100. The summed E-state index contributed by atoms with van der Waals surface area (Å²) in [7, 11) is 0. The summed E-state index contributed by atoms with van der Waals surface area (Å²) in [6.07, 6.45) is 0.486. The maximum Gasteiger partial charge on any atom is 0.267 e. The molecule has 0 atom stereocenters. The van der Waals surface area contributed by atoms with Crippen LogP contribution < -0.4 is 5.73 Å². The molecule has 26 heavy (non-hydrogen) atoms. The molecule has 0 bridgehead atoms. The van der Waals surface area contributed by atoms with E-state index in [4.69, 9.17) is 21.8 Å². The lowest BCUT2D eigenvalue weighted by Gasteiger charge is -2.05. The van der Waals surface area contributed by atoms with Crippen molar-refractivity contribution < 1.29 is 9.21 Å². The molecule has 0 spiro atoms. The highest BCUT2D eigenvalue weighted by atomic mass is 35.5. The van der Waals surface area contributed by atoms with E-state index in [-0.39, 0.29) is 5.69 Å². The number of carbonyl (C=O) groups excluding carboxylic acids is 1. The minimum Gasteiger partial charge on any atom is -0.456 e. The van der Waals surface area contributed by atoms with Crippen LogP contribution in [0.3, 0.4) is 0 Å². The van der Waals surface area contributed by atoms with Crippen LogP contribution in [-0.2, 0) is 6.42 Å². The molecule has 0 radical (unpaired) electrons. The molecule has 2 heterocycles. The molecular formula is C21H15ClN2O2. The summed E-state index contributed by atoms with van der Waals surface area (Å²) in [6, 6.07) is 20.8. The van der Waals surface area contributed by atoms with Gasteiger partial charge in [0.05, 0.1) is 0 Å². The van der Waals surface area contributed by atoms with Gasteiger partial charge in [0.25, 0.3) is 5.91 Å². The van der Waals surface area contributed by atoms with Gasteiger partial charge in [-0.3, -0.25) is 4.79 Å². The van der Waals surface area contributed by atoms with Crippen LogP contribution in [0.4, 0.5) is 0 Å². The summed E-state index contributed by atoms with van der Waals surface area (Å²) in [4.78, 5) is 15.7. The van der Waals surface area contributed by atoms with Crippen molar-refractivity contribution in [1.82, 2.24) is 4.98 Å². The Labute approximate surface area is 155 Å². The van der Waals surface area contributed by atoms with Crippen molar-refractivity contribution in [2.45, 2.75) is 6.42 Å². The fourth-order valence-electron chi connectivity index (χ4n) is 2.97. The quantitative estimate of drug-likeness (QED) is 0.564. The molecule has 1 amide bonds. The number of hydrogen-bond acceptors (Lipinski definition) is 3. The summed E-state index contributed by atoms with van der Waals surface area (Å²) >= 11 is 6.29. The Balaban J connectivity index is 1.78. The zero-order valence-corrected chi connectivity index (χ0v) is 14.5. The van der Waals surface area contributed by atoms with Crippen LogP contribution in [0.15, 0.2) is 71.1 Å². The number of aromatic nitrogens is 1. The van der Waals surface area contributed by atoms with Crippen LogP contribution in [-0.4, -0.2) is 10.9 Å². The molecule has 4 aromatic rings. The summed E-state index contributed by atoms with van der Waals surface area (Å²) < 4.78 is 6.11. The molecule has 4 nitrogen and oxygen atoms in total. The average Bonchev–Trinajstić information content (AvgIpc) is 3.07. The number of fused-ring (bicyclic) bond motifs is 1. The van der Waals surface area contributed by atoms with E-state index in [0.717, 1.165) is 33.6 Å². The first-order chi connectivity index (χ1) is 12.6. The smallest absolute Gasteiger partial charge is 0.267 e. The van der Waals surface area contributed by atoms with Crippen LogP contribution in [0.5, 0.6) is 0 Å². The van der Waals surface area contributed by atoms with Gasteiger partial charge in [-0.15, -0.1) is 0 Å². The molecule has 0 fully saturated rings. The van der Waals surface area contributed by atoms with Crippen molar-refractivity contribution in [3.8, 4) is 11.3 Å². The fraction of sp³-hybridized carbons (Fsp3) is 0.0476. The van der Waals surface area contributed by atoms with Gasteiger partial charge < -0.3 is 10.2 Å².